The molecule has 1 unspecified atom stereocenters. The van der Waals surface area contributed by atoms with Crippen LogP contribution in [0.2, 0.25) is 5.02 Å². The first-order valence-electron chi connectivity index (χ1n) is 9.44. The molecule has 2 rings (SSSR count). The van der Waals surface area contributed by atoms with Crippen LogP contribution >= 0.6 is 11.6 Å². The third-order valence-corrected chi connectivity index (χ3v) is 4.98. The van der Waals surface area contributed by atoms with Crippen LogP contribution in [0.4, 0.5) is 22.0 Å². The van der Waals surface area contributed by atoms with Crippen LogP contribution in [-0.2, 0) is 30.1 Å². The SMILES string of the molecule is CCCOC(=O)C1=C(CON)NC(CF)=C(C(=O)OC)C1c1c(F)ccc(Cl)c1C(F)(F)F. The van der Waals surface area contributed by atoms with Crippen molar-refractivity contribution in [1.82, 2.24) is 5.32 Å². The molecule has 0 aliphatic carbocycles. The number of hydrogen-bond donors (Lipinski definition) is 2. The van der Waals surface area contributed by atoms with Crippen molar-refractivity contribution in [3.63, 3.8) is 0 Å². The zero-order valence-corrected chi connectivity index (χ0v) is 18.2. The van der Waals surface area contributed by atoms with E-state index < -0.39 is 76.1 Å². The molecule has 1 aromatic carbocycles. The maximum absolute atomic E-state index is 15.0. The lowest BCUT2D eigenvalue weighted by Gasteiger charge is -2.33. The van der Waals surface area contributed by atoms with Crippen LogP contribution in [0.15, 0.2) is 34.7 Å². The molecule has 3 N–H and O–H groups in total. The van der Waals surface area contributed by atoms with Gasteiger partial charge < -0.3 is 14.8 Å². The lowest BCUT2D eigenvalue weighted by atomic mass is 9.78. The molecule has 1 heterocycles. The van der Waals surface area contributed by atoms with Gasteiger partial charge in [0.1, 0.15) is 19.1 Å². The summed E-state index contributed by atoms with van der Waals surface area (Å²) in [5.74, 6) is -0.996. The highest BCUT2D eigenvalue weighted by Gasteiger charge is 2.47. The summed E-state index contributed by atoms with van der Waals surface area (Å²) < 4.78 is 80.5. The zero-order valence-electron chi connectivity index (χ0n) is 17.4. The summed E-state index contributed by atoms with van der Waals surface area (Å²) in [6.45, 7) is -0.533. The number of carbonyl (C=O) groups is 2. The second-order valence-corrected chi connectivity index (χ2v) is 7.14. The van der Waals surface area contributed by atoms with Gasteiger partial charge in [-0.05, 0) is 18.6 Å². The minimum atomic E-state index is -5.21. The molecule has 0 spiro atoms. The van der Waals surface area contributed by atoms with Crippen molar-refractivity contribution in [2.24, 2.45) is 5.90 Å². The molecule has 13 heteroatoms. The maximum Gasteiger partial charge on any atom is 0.418 e. The quantitative estimate of drug-likeness (QED) is 0.320. The Bertz CT molecular complexity index is 994. The molecule has 0 radical (unpaired) electrons. The van der Waals surface area contributed by atoms with E-state index in [1.165, 1.54) is 0 Å². The highest BCUT2D eigenvalue weighted by Crippen LogP contribution is 2.47. The van der Waals surface area contributed by atoms with Gasteiger partial charge >= 0.3 is 18.1 Å². The summed E-state index contributed by atoms with van der Waals surface area (Å²) >= 11 is 5.76. The van der Waals surface area contributed by atoms with Gasteiger partial charge in [0, 0.05) is 5.56 Å². The minimum Gasteiger partial charge on any atom is -0.466 e. The van der Waals surface area contributed by atoms with Crippen molar-refractivity contribution in [1.29, 1.82) is 0 Å². The molecular formula is C20H20ClF5N2O5. The average Bonchev–Trinajstić information content (AvgIpc) is 2.76. The molecule has 0 bridgehead atoms. The minimum absolute atomic E-state index is 0.150. The van der Waals surface area contributed by atoms with Crippen molar-refractivity contribution in [2.45, 2.75) is 25.4 Å². The summed E-state index contributed by atoms with van der Waals surface area (Å²) in [5, 5.41) is 1.51. The molecule has 1 aliphatic heterocycles. The molecule has 182 valence electrons. The van der Waals surface area contributed by atoms with Gasteiger partial charge in [0.15, 0.2) is 0 Å². The van der Waals surface area contributed by atoms with E-state index in [9.17, 15) is 27.2 Å². The maximum atomic E-state index is 15.0. The number of hydrogen-bond acceptors (Lipinski definition) is 7. The highest BCUT2D eigenvalue weighted by atomic mass is 35.5. The smallest absolute Gasteiger partial charge is 0.418 e. The van der Waals surface area contributed by atoms with E-state index in [0.29, 0.717) is 18.6 Å². The Morgan fingerprint density at radius 1 is 1.18 bits per heavy atom. The largest absolute Gasteiger partial charge is 0.466 e. The molecule has 0 amide bonds. The number of ether oxygens (including phenoxy) is 2. The van der Waals surface area contributed by atoms with Crippen LogP contribution in [0.1, 0.15) is 30.4 Å². The van der Waals surface area contributed by atoms with Crippen molar-refractivity contribution in [3.05, 3.63) is 56.6 Å². The Labute approximate surface area is 190 Å². The van der Waals surface area contributed by atoms with E-state index in [-0.39, 0.29) is 12.3 Å². The van der Waals surface area contributed by atoms with Crippen LogP contribution in [0.3, 0.4) is 0 Å². The third kappa shape index (κ3) is 5.45. The van der Waals surface area contributed by atoms with E-state index in [1.54, 1.807) is 6.92 Å². The number of rotatable bonds is 8. The molecule has 1 atom stereocenters. The Hall–Kier alpha value is -2.70. The number of alkyl halides is 4. The van der Waals surface area contributed by atoms with E-state index >= 15 is 4.39 Å². The molecule has 0 aromatic heterocycles. The number of halogens is 6. The fourth-order valence-corrected chi connectivity index (χ4v) is 3.68. The van der Waals surface area contributed by atoms with Gasteiger partial charge in [-0.1, -0.05) is 18.5 Å². The first-order chi connectivity index (χ1) is 15.5. The number of dihydropyridines is 1. The number of nitrogens with two attached hydrogens (primary N) is 1. The Morgan fingerprint density at radius 3 is 2.33 bits per heavy atom. The molecule has 0 saturated carbocycles. The van der Waals surface area contributed by atoms with E-state index in [0.717, 1.165) is 7.11 Å². The predicted molar refractivity (Wildman–Crippen MR) is 106 cm³/mol. The van der Waals surface area contributed by atoms with Gasteiger partial charge in [-0.15, -0.1) is 0 Å². The fourth-order valence-electron chi connectivity index (χ4n) is 3.40. The topological polar surface area (TPSA) is 99.9 Å². The highest BCUT2D eigenvalue weighted by molar-refractivity contribution is 6.31. The van der Waals surface area contributed by atoms with Gasteiger partial charge in [-0.2, -0.15) is 13.2 Å². The predicted octanol–water partition coefficient (Wildman–Crippen LogP) is 3.68. The lowest BCUT2D eigenvalue weighted by molar-refractivity contribution is -0.141. The molecule has 0 saturated heterocycles. The molecule has 0 fully saturated rings. The summed E-state index contributed by atoms with van der Waals surface area (Å²) in [6.07, 6.45) is -4.87. The Kier molecular flexibility index (Phi) is 8.81. The summed E-state index contributed by atoms with van der Waals surface area (Å²) in [4.78, 5) is 30.0. The summed E-state index contributed by atoms with van der Waals surface area (Å²) in [7, 11) is 0.887. The van der Waals surface area contributed by atoms with Crippen molar-refractivity contribution >= 4 is 23.5 Å². The molecule has 7 nitrogen and oxygen atoms in total. The number of carbonyl (C=O) groups excluding carboxylic acids is 2. The number of nitrogens with one attached hydrogen (secondary N) is 1. The molecule has 1 aliphatic rings. The first kappa shape index (κ1) is 26.6. The van der Waals surface area contributed by atoms with Crippen LogP contribution in [0.5, 0.6) is 0 Å². The van der Waals surface area contributed by atoms with Gasteiger partial charge in [0.05, 0.1) is 52.8 Å². The fraction of sp³-hybridized carbons (Fsp3) is 0.400. The van der Waals surface area contributed by atoms with Crippen LogP contribution in [0.25, 0.3) is 0 Å². The number of methoxy groups -OCH3 is 1. The number of benzene rings is 1. The van der Waals surface area contributed by atoms with Gasteiger partial charge in [-0.25, -0.2) is 24.3 Å². The van der Waals surface area contributed by atoms with Gasteiger partial charge in [0.25, 0.3) is 0 Å². The first-order valence-corrected chi connectivity index (χ1v) is 9.82. The molecule has 1 aromatic rings. The van der Waals surface area contributed by atoms with Crippen molar-refractivity contribution in [3.8, 4) is 0 Å². The standard InChI is InChI=1S/C20H20ClF5N2O5/c1-3-6-32-19(30)15-12(8-33-27)28-11(7-22)14(18(29)31-2)16(15)13-10(23)5-4-9(21)17(13)20(24,25)26/h4-5,16,28H,3,6-8,27H2,1-2H3. The zero-order chi connectivity index (χ0) is 24.9. The molecule has 33 heavy (non-hydrogen) atoms. The normalized spacial score (nSPS) is 16.6. The van der Waals surface area contributed by atoms with Crippen LogP contribution in [-0.4, -0.2) is 38.9 Å². The number of esters is 2. The van der Waals surface area contributed by atoms with E-state index in [1.807, 2.05) is 0 Å². The van der Waals surface area contributed by atoms with Crippen molar-refractivity contribution in [2.75, 3.05) is 27.0 Å². The third-order valence-electron chi connectivity index (χ3n) is 4.67. The Balaban J connectivity index is 3.01. The van der Waals surface area contributed by atoms with E-state index in [2.05, 4.69) is 14.9 Å². The van der Waals surface area contributed by atoms with Crippen LogP contribution in [0, 0.1) is 5.82 Å². The van der Waals surface area contributed by atoms with Gasteiger partial charge in [0.2, 0.25) is 0 Å². The number of allylic oxidation sites excluding steroid dienone is 1. The van der Waals surface area contributed by atoms with Crippen molar-refractivity contribution < 1.29 is 45.9 Å². The summed E-state index contributed by atoms with van der Waals surface area (Å²) in [6, 6.07) is 1.30. The molecular weight excluding hydrogens is 479 g/mol. The lowest BCUT2D eigenvalue weighted by Crippen LogP contribution is -2.37. The summed E-state index contributed by atoms with van der Waals surface area (Å²) in [5.41, 5.74) is -5.13. The van der Waals surface area contributed by atoms with Gasteiger partial charge in [-0.3, -0.25) is 4.84 Å². The average molecular weight is 499 g/mol. The monoisotopic (exact) mass is 498 g/mol. The second-order valence-electron chi connectivity index (χ2n) is 6.73. The Morgan fingerprint density at radius 2 is 1.82 bits per heavy atom. The van der Waals surface area contributed by atoms with E-state index in [4.69, 9.17) is 22.2 Å². The second kappa shape index (κ2) is 10.9. The van der Waals surface area contributed by atoms with Crippen LogP contribution < -0.4 is 11.2 Å².